The molecule has 0 heterocycles. The van der Waals surface area contributed by atoms with Gasteiger partial charge in [-0.1, -0.05) is 56.3 Å². The minimum atomic E-state index is -0.406. The van der Waals surface area contributed by atoms with Gasteiger partial charge in [-0.2, -0.15) is 0 Å². The number of halogens is 1. The van der Waals surface area contributed by atoms with E-state index in [2.05, 4.69) is 6.92 Å². The molecule has 25 heavy (non-hydrogen) atoms. The van der Waals surface area contributed by atoms with Gasteiger partial charge < -0.3 is 8.92 Å². The van der Waals surface area contributed by atoms with Crippen LogP contribution in [-0.2, 0) is 4.18 Å². The highest BCUT2D eigenvalue weighted by molar-refractivity contribution is 7.95. The molecule has 0 saturated carbocycles. The van der Waals surface area contributed by atoms with Crippen LogP contribution >= 0.6 is 23.6 Å². The Bertz CT molecular complexity index is 658. The van der Waals surface area contributed by atoms with E-state index in [1.165, 1.54) is 25.7 Å². The summed E-state index contributed by atoms with van der Waals surface area (Å²) >= 11 is 7.00. The van der Waals surface area contributed by atoms with Gasteiger partial charge in [-0.05, 0) is 42.8 Å². The summed E-state index contributed by atoms with van der Waals surface area (Å²) in [5.41, 5.74) is 0.481. The normalized spacial score (nSPS) is 10.5. The van der Waals surface area contributed by atoms with Crippen molar-refractivity contribution in [2.45, 2.75) is 43.9 Å². The van der Waals surface area contributed by atoms with Crippen LogP contribution in [0.2, 0.25) is 5.02 Å². The van der Waals surface area contributed by atoms with E-state index < -0.39 is 5.97 Å². The first-order valence-electron chi connectivity index (χ1n) is 8.57. The van der Waals surface area contributed by atoms with Gasteiger partial charge in [-0.3, -0.25) is 0 Å². The molecule has 0 saturated heterocycles. The standard InChI is InChI=1S/C20H23ClO3S/c1-2-3-4-5-8-15-23-17-13-11-16(12-14-17)20(22)24-25-19-10-7-6-9-18(19)21/h6-7,9-14H,2-5,8,15H2,1H3. The Morgan fingerprint density at radius 3 is 2.44 bits per heavy atom. The van der Waals surface area contributed by atoms with Crippen LogP contribution in [0.5, 0.6) is 5.75 Å². The zero-order valence-electron chi connectivity index (χ0n) is 14.4. The molecule has 2 aromatic rings. The number of hydrogen-bond acceptors (Lipinski definition) is 4. The zero-order valence-corrected chi connectivity index (χ0v) is 15.9. The summed E-state index contributed by atoms with van der Waals surface area (Å²) in [6.07, 6.45) is 6.03. The minimum Gasteiger partial charge on any atom is -0.494 e. The van der Waals surface area contributed by atoms with Crippen molar-refractivity contribution in [1.82, 2.24) is 0 Å². The average Bonchev–Trinajstić information content (AvgIpc) is 2.64. The second-order valence-electron chi connectivity index (χ2n) is 5.67. The van der Waals surface area contributed by atoms with Crippen LogP contribution in [0.3, 0.4) is 0 Å². The van der Waals surface area contributed by atoms with Crippen molar-refractivity contribution in [3.63, 3.8) is 0 Å². The Labute approximate surface area is 158 Å². The predicted molar refractivity (Wildman–Crippen MR) is 103 cm³/mol. The lowest BCUT2D eigenvalue weighted by Crippen LogP contribution is -2.01. The number of rotatable bonds is 10. The third kappa shape index (κ3) is 7.00. The predicted octanol–water partition coefficient (Wildman–Crippen LogP) is 6.55. The third-order valence-electron chi connectivity index (χ3n) is 3.65. The van der Waals surface area contributed by atoms with Gasteiger partial charge >= 0.3 is 5.97 Å². The molecular formula is C20H23ClO3S. The van der Waals surface area contributed by atoms with E-state index in [4.69, 9.17) is 20.5 Å². The Morgan fingerprint density at radius 1 is 1.00 bits per heavy atom. The van der Waals surface area contributed by atoms with Crippen molar-refractivity contribution in [2.24, 2.45) is 0 Å². The SMILES string of the molecule is CCCCCCCOc1ccc(C(=O)OSc2ccccc2Cl)cc1. The number of unbranched alkanes of at least 4 members (excludes halogenated alkanes) is 4. The van der Waals surface area contributed by atoms with Crippen LogP contribution in [-0.4, -0.2) is 12.6 Å². The molecule has 0 spiro atoms. The van der Waals surface area contributed by atoms with Gasteiger partial charge in [0.25, 0.3) is 0 Å². The quantitative estimate of drug-likeness (QED) is 0.346. The molecule has 134 valence electrons. The topological polar surface area (TPSA) is 35.5 Å². The fourth-order valence-electron chi connectivity index (χ4n) is 2.23. The van der Waals surface area contributed by atoms with Crippen LogP contribution in [0.1, 0.15) is 49.4 Å². The van der Waals surface area contributed by atoms with Gasteiger partial charge in [0.2, 0.25) is 0 Å². The van der Waals surface area contributed by atoms with Crippen molar-refractivity contribution < 1.29 is 13.7 Å². The highest BCUT2D eigenvalue weighted by atomic mass is 35.5. The fourth-order valence-corrected chi connectivity index (χ4v) is 3.00. The van der Waals surface area contributed by atoms with Gasteiger partial charge in [0.15, 0.2) is 0 Å². The third-order valence-corrected chi connectivity index (χ3v) is 4.86. The first-order valence-corrected chi connectivity index (χ1v) is 9.69. The molecule has 5 heteroatoms. The van der Waals surface area contributed by atoms with E-state index >= 15 is 0 Å². The smallest absolute Gasteiger partial charge is 0.350 e. The van der Waals surface area contributed by atoms with Crippen LogP contribution in [0, 0.1) is 0 Å². The van der Waals surface area contributed by atoms with E-state index in [1.807, 2.05) is 12.1 Å². The first-order chi connectivity index (χ1) is 12.2. The largest absolute Gasteiger partial charge is 0.494 e. The molecule has 2 rings (SSSR count). The molecule has 0 unspecified atom stereocenters. The summed E-state index contributed by atoms with van der Waals surface area (Å²) in [6.45, 7) is 2.91. The van der Waals surface area contributed by atoms with E-state index in [9.17, 15) is 4.79 Å². The molecule has 0 N–H and O–H groups in total. The molecular weight excluding hydrogens is 356 g/mol. The van der Waals surface area contributed by atoms with Crippen molar-refractivity contribution in [1.29, 1.82) is 0 Å². The molecule has 2 aromatic carbocycles. The lowest BCUT2D eigenvalue weighted by Gasteiger charge is -2.07. The molecule has 3 nitrogen and oxygen atoms in total. The fraction of sp³-hybridized carbons (Fsp3) is 0.350. The minimum absolute atomic E-state index is 0.406. The molecule has 0 atom stereocenters. The second-order valence-corrected chi connectivity index (χ2v) is 6.85. The highest BCUT2D eigenvalue weighted by Crippen LogP contribution is 2.28. The Morgan fingerprint density at radius 2 is 1.72 bits per heavy atom. The first kappa shape index (κ1) is 19.7. The monoisotopic (exact) mass is 378 g/mol. The summed E-state index contributed by atoms with van der Waals surface area (Å²) in [5, 5.41) is 0.558. The summed E-state index contributed by atoms with van der Waals surface area (Å²) in [5.74, 6) is 0.363. The number of hydrogen-bond donors (Lipinski definition) is 0. The molecule has 0 radical (unpaired) electrons. The molecule has 0 aromatic heterocycles. The van der Waals surface area contributed by atoms with E-state index in [0.29, 0.717) is 22.1 Å². The lowest BCUT2D eigenvalue weighted by molar-refractivity contribution is 0.0768. The van der Waals surface area contributed by atoms with Gasteiger partial charge in [0.1, 0.15) is 5.75 Å². The van der Waals surface area contributed by atoms with Crippen LogP contribution < -0.4 is 4.74 Å². The number of carbonyl (C=O) groups is 1. The van der Waals surface area contributed by atoms with Crippen molar-refractivity contribution >= 4 is 29.6 Å². The summed E-state index contributed by atoms with van der Waals surface area (Å²) in [6, 6.07) is 14.2. The molecule has 0 aliphatic rings. The summed E-state index contributed by atoms with van der Waals surface area (Å²) in [7, 11) is 0. The maximum Gasteiger partial charge on any atom is 0.350 e. The maximum absolute atomic E-state index is 12.1. The van der Waals surface area contributed by atoms with Crippen LogP contribution in [0.4, 0.5) is 0 Å². The number of carbonyl (C=O) groups excluding carboxylic acids is 1. The van der Waals surface area contributed by atoms with Crippen molar-refractivity contribution in [3.05, 3.63) is 59.1 Å². The molecule has 0 bridgehead atoms. The van der Waals surface area contributed by atoms with Gasteiger partial charge in [-0.25, -0.2) is 4.79 Å². The molecule has 0 fully saturated rings. The Kier molecular flexibility index (Phi) is 8.70. The number of ether oxygens (including phenoxy) is 1. The van der Waals surface area contributed by atoms with Gasteiger partial charge in [0.05, 0.1) is 34.1 Å². The van der Waals surface area contributed by atoms with Gasteiger partial charge in [0, 0.05) is 0 Å². The van der Waals surface area contributed by atoms with Crippen LogP contribution in [0.25, 0.3) is 0 Å². The summed E-state index contributed by atoms with van der Waals surface area (Å²) < 4.78 is 10.9. The van der Waals surface area contributed by atoms with Crippen molar-refractivity contribution in [3.8, 4) is 5.75 Å². The van der Waals surface area contributed by atoms with Crippen LogP contribution in [0.15, 0.2) is 53.4 Å². The molecule has 0 aliphatic carbocycles. The van der Waals surface area contributed by atoms with Gasteiger partial charge in [-0.15, -0.1) is 0 Å². The zero-order chi connectivity index (χ0) is 17.9. The average molecular weight is 379 g/mol. The Balaban J connectivity index is 1.75. The highest BCUT2D eigenvalue weighted by Gasteiger charge is 2.10. The summed E-state index contributed by atoms with van der Waals surface area (Å²) in [4.78, 5) is 12.8. The Hall–Kier alpha value is -1.65. The maximum atomic E-state index is 12.1. The molecule has 0 aliphatic heterocycles. The van der Waals surface area contributed by atoms with E-state index in [-0.39, 0.29) is 0 Å². The van der Waals surface area contributed by atoms with E-state index in [1.54, 1.807) is 36.4 Å². The van der Waals surface area contributed by atoms with E-state index in [0.717, 1.165) is 24.2 Å². The lowest BCUT2D eigenvalue weighted by atomic mass is 10.2. The second kappa shape index (κ2) is 11.1. The number of benzene rings is 2. The van der Waals surface area contributed by atoms with Crippen molar-refractivity contribution in [2.75, 3.05) is 6.61 Å². The molecule has 0 amide bonds.